The molecule has 1 aromatic carbocycles. The first-order chi connectivity index (χ1) is 9.02. The molecule has 1 rings (SSSR count). The standard InChI is InChI=1S/C15H23Cl2NO.ClH/c1-11(2)4-6-13(8-9-18-3)19-15-7-5-12(16)10-14(15)17;/h5,7,10-11,13,18H,4,6,8-9H2,1-3H3;1H. The summed E-state index contributed by atoms with van der Waals surface area (Å²) in [6.45, 7) is 5.39. The molecular weight excluding hydrogens is 317 g/mol. The molecule has 0 spiro atoms. The number of benzene rings is 1. The van der Waals surface area contributed by atoms with Gasteiger partial charge in [-0.15, -0.1) is 12.4 Å². The van der Waals surface area contributed by atoms with Gasteiger partial charge in [0.1, 0.15) is 11.9 Å². The third kappa shape index (κ3) is 7.58. The summed E-state index contributed by atoms with van der Waals surface area (Å²) in [4.78, 5) is 0. The second-order valence-corrected chi connectivity index (χ2v) is 6.02. The van der Waals surface area contributed by atoms with Gasteiger partial charge in [0, 0.05) is 5.02 Å². The number of hydrogen-bond donors (Lipinski definition) is 1. The SMILES string of the molecule is CNCCC(CCC(C)C)Oc1ccc(Cl)cc1Cl.Cl. The maximum atomic E-state index is 6.15. The van der Waals surface area contributed by atoms with Crippen LogP contribution < -0.4 is 10.1 Å². The number of rotatable bonds is 8. The van der Waals surface area contributed by atoms with Crippen molar-refractivity contribution in [2.45, 2.75) is 39.2 Å². The zero-order chi connectivity index (χ0) is 14.3. The zero-order valence-electron chi connectivity index (χ0n) is 12.3. The summed E-state index contributed by atoms with van der Waals surface area (Å²) in [6.07, 6.45) is 3.36. The van der Waals surface area contributed by atoms with Gasteiger partial charge in [-0.25, -0.2) is 0 Å². The molecule has 0 saturated carbocycles. The van der Waals surface area contributed by atoms with Gasteiger partial charge in [0.25, 0.3) is 0 Å². The monoisotopic (exact) mass is 339 g/mol. The van der Waals surface area contributed by atoms with Crippen molar-refractivity contribution in [2.24, 2.45) is 5.92 Å². The Balaban J connectivity index is 0.00000361. The van der Waals surface area contributed by atoms with Crippen LogP contribution in [0.25, 0.3) is 0 Å². The molecule has 0 aromatic heterocycles. The molecule has 1 aromatic rings. The molecule has 116 valence electrons. The Hall–Kier alpha value is -0.150. The highest BCUT2D eigenvalue weighted by Crippen LogP contribution is 2.29. The summed E-state index contributed by atoms with van der Waals surface area (Å²) in [5.74, 6) is 1.40. The van der Waals surface area contributed by atoms with Crippen LogP contribution in [0.2, 0.25) is 10.0 Å². The lowest BCUT2D eigenvalue weighted by molar-refractivity contribution is 0.173. The van der Waals surface area contributed by atoms with E-state index in [1.54, 1.807) is 12.1 Å². The van der Waals surface area contributed by atoms with Crippen LogP contribution in [0.1, 0.15) is 33.1 Å². The third-order valence-electron chi connectivity index (χ3n) is 2.97. The van der Waals surface area contributed by atoms with Crippen LogP contribution in [0, 0.1) is 5.92 Å². The molecule has 0 saturated heterocycles. The van der Waals surface area contributed by atoms with Crippen molar-refractivity contribution in [3.05, 3.63) is 28.2 Å². The van der Waals surface area contributed by atoms with E-state index < -0.39 is 0 Å². The molecule has 0 fully saturated rings. The molecule has 0 aliphatic rings. The largest absolute Gasteiger partial charge is 0.489 e. The highest BCUT2D eigenvalue weighted by atomic mass is 35.5. The summed E-state index contributed by atoms with van der Waals surface area (Å²) in [6, 6.07) is 5.36. The Bertz CT molecular complexity index is 385. The van der Waals surface area contributed by atoms with Gasteiger partial charge in [0.2, 0.25) is 0 Å². The van der Waals surface area contributed by atoms with Crippen molar-refractivity contribution in [1.82, 2.24) is 5.32 Å². The molecular formula is C15H24Cl3NO. The van der Waals surface area contributed by atoms with E-state index in [1.807, 2.05) is 13.1 Å². The third-order valence-corrected chi connectivity index (χ3v) is 3.50. The van der Waals surface area contributed by atoms with Crippen LogP contribution in [0.3, 0.4) is 0 Å². The fourth-order valence-electron chi connectivity index (χ4n) is 1.84. The Morgan fingerprint density at radius 1 is 1.15 bits per heavy atom. The van der Waals surface area contributed by atoms with Crippen molar-refractivity contribution >= 4 is 35.6 Å². The summed E-state index contributed by atoms with van der Waals surface area (Å²) in [5.41, 5.74) is 0. The van der Waals surface area contributed by atoms with Gasteiger partial charge < -0.3 is 10.1 Å². The lowest BCUT2D eigenvalue weighted by Crippen LogP contribution is -2.23. The van der Waals surface area contributed by atoms with Crippen LogP contribution >= 0.6 is 35.6 Å². The van der Waals surface area contributed by atoms with Crippen LogP contribution in [0.4, 0.5) is 0 Å². The van der Waals surface area contributed by atoms with E-state index in [2.05, 4.69) is 19.2 Å². The fourth-order valence-corrected chi connectivity index (χ4v) is 2.29. The summed E-state index contributed by atoms with van der Waals surface area (Å²) in [7, 11) is 1.95. The normalized spacial score (nSPS) is 12.1. The molecule has 5 heteroatoms. The minimum atomic E-state index is 0. The molecule has 0 radical (unpaired) electrons. The second kappa shape index (κ2) is 10.6. The molecule has 20 heavy (non-hydrogen) atoms. The average Bonchev–Trinajstić information content (AvgIpc) is 2.35. The van der Waals surface area contributed by atoms with E-state index in [1.165, 1.54) is 0 Å². The van der Waals surface area contributed by atoms with Crippen molar-refractivity contribution in [3.63, 3.8) is 0 Å². The smallest absolute Gasteiger partial charge is 0.138 e. The number of hydrogen-bond acceptors (Lipinski definition) is 2. The van der Waals surface area contributed by atoms with Crippen LogP contribution in [0.5, 0.6) is 5.75 Å². The van der Waals surface area contributed by atoms with Crippen LogP contribution in [-0.4, -0.2) is 19.7 Å². The fraction of sp³-hybridized carbons (Fsp3) is 0.600. The van der Waals surface area contributed by atoms with Crippen LogP contribution in [0.15, 0.2) is 18.2 Å². The zero-order valence-corrected chi connectivity index (χ0v) is 14.6. The van der Waals surface area contributed by atoms with Gasteiger partial charge in [0.15, 0.2) is 0 Å². The lowest BCUT2D eigenvalue weighted by atomic mass is 10.0. The quantitative estimate of drug-likeness (QED) is 0.701. The van der Waals surface area contributed by atoms with Gasteiger partial charge in [-0.3, -0.25) is 0 Å². The first kappa shape index (κ1) is 19.9. The van der Waals surface area contributed by atoms with E-state index in [0.717, 1.165) is 31.6 Å². The van der Waals surface area contributed by atoms with E-state index in [9.17, 15) is 0 Å². The van der Waals surface area contributed by atoms with Gasteiger partial charge >= 0.3 is 0 Å². The minimum Gasteiger partial charge on any atom is -0.489 e. The topological polar surface area (TPSA) is 21.3 Å². The van der Waals surface area contributed by atoms with Crippen molar-refractivity contribution < 1.29 is 4.74 Å². The Morgan fingerprint density at radius 3 is 2.40 bits per heavy atom. The number of nitrogens with one attached hydrogen (secondary N) is 1. The maximum Gasteiger partial charge on any atom is 0.138 e. The van der Waals surface area contributed by atoms with Crippen molar-refractivity contribution in [1.29, 1.82) is 0 Å². The highest BCUT2D eigenvalue weighted by molar-refractivity contribution is 6.35. The van der Waals surface area contributed by atoms with Crippen LogP contribution in [-0.2, 0) is 0 Å². The molecule has 1 N–H and O–H groups in total. The van der Waals surface area contributed by atoms with E-state index in [0.29, 0.717) is 16.0 Å². The molecule has 0 heterocycles. The van der Waals surface area contributed by atoms with Crippen molar-refractivity contribution in [2.75, 3.05) is 13.6 Å². The maximum absolute atomic E-state index is 6.15. The minimum absolute atomic E-state index is 0. The number of halogens is 3. The summed E-state index contributed by atoms with van der Waals surface area (Å²) >= 11 is 12.0. The lowest BCUT2D eigenvalue weighted by Gasteiger charge is -2.21. The molecule has 1 atom stereocenters. The van der Waals surface area contributed by atoms with E-state index >= 15 is 0 Å². The number of ether oxygens (including phenoxy) is 1. The molecule has 0 aliphatic carbocycles. The molecule has 1 unspecified atom stereocenters. The molecule has 2 nitrogen and oxygen atoms in total. The van der Waals surface area contributed by atoms with Gasteiger partial charge in [-0.05, 0) is 57.0 Å². The summed E-state index contributed by atoms with van der Waals surface area (Å²) < 4.78 is 6.02. The molecule has 0 aliphatic heterocycles. The average molecular weight is 341 g/mol. The summed E-state index contributed by atoms with van der Waals surface area (Å²) in [5, 5.41) is 4.37. The van der Waals surface area contributed by atoms with Gasteiger partial charge in [-0.1, -0.05) is 37.0 Å². The van der Waals surface area contributed by atoms with Gasteiger partial charge in [-0.2, -0.15) is 0 Å². The predicted molar refractivity (Wildman–Crippen MR) is 90.7 cm³/mol. The molecule has 0 amide bonds. The highest BCUT2D eigenvalue weighted by Gasteiger charge is 2.13. The first-order valence-electron chi connectivity index (χ1n) is 6.79. The molecule has 0 bridgehead atoms. The first-order valence-corrected chi connectivity index (χ1v) is 7.54. The Labute approximate surface area is 138 Å². The second-order valence-electron chi connectivity index (χ2n) is 5.18. The predicted octanol–water partition coefficient (Wildman–Crippen LogP) is 5.21. The van der Waals surface area contributed by atoms with E-state index in [-0.39, 0.29) is 18.5 Å². The van der Waals surface area contributed by atoms with Crippen molar-refractivity contribution in [3.8, 4) is 5.75 Å². The Morgan fingerprint density at radius 2 is 1.85 bits per heavy atom. The van der Waals surface area contributed by atoms with Gasteiger partial charge in [0.05, 0.1) is 5.02 Å². The Kier molecular flexibility index (Phi) is 10.5. The van der Waals surface area contributed by atoms with E-state index in [4.69, 9.17) is 27.9 Å².